The molecule has 0 bridgehead atoms. The Hall–Kier alpha value is -1.67. The largest absolute Gasteiger partial charge is 0.313 e. The summed E-state index contributed by atoms with van der Waals surface area (Å²) < 4.78 is 13.3. The third kappa shape index (κ3) is 2.59. The molecule has 0 aliphatic rings. The Kier molecular flexibility index (Phi) is 3.78. The minimum atomic E-state index is -0.154. The van der Waals surface area contributed by atoms with E-state index < -0.39 is 0 Å². The van der Waals surface area contributed by atoms with E-state index in [4.69, 9.17) is 0 Å². The Balaban J connectivity index is 2.41. The van der Waals surface area contributed by atoms with Crippen LogP contribution in [0.1, 0.15) is 24.1 Å². The monoisotopic (exact) mass is 243 g/mol. The van der Waals surface area contributed by atoms with E-state index in [9.17, 15) is 4.39 Å². The molecule has 2 aromatic carbocycles. The normalized spacial score (nSPS) is 12.4. The molecule has 2 aromatic rings. The number of nitrogens with one attached hydrogen (secondary N) is 1. The Morgan fingerprint density at radius 3 is 2.44 bits per heavy atom. The maximum Gasteiger partial charge on any atom is 0.126 e. The predicted octanol–water partition coefficient (Wildman–Crippen LogP) is 4.08. The standard InChI is InChI=1S/C16H18FN/c1-11-9-15(7-8-16(11)17)14-6-4-5-13(10-14)12(2)18-3/h4-10,12,18H,1-3H3. The fourth-order valence-electron chi connectivity index (χ4n) is 1.98. The van der Waals surface area contributed by atoms with E-state index in [-0.39, 0.29) is 5.82 Å². The molecule has 1 unspecified atom stereocenters. The second-order valence-electron chi connectivity index (χ2n) is 4.60. The summed E-state index contributed by atoms with van der Waals surface area (Å²) in [4.78, 5) is 0. The maximum atomic E-state index is 13.3. The molecule has 94 valence electrons. The van der Waals surface area contributed by atoms with Crippen molar-refractivity contribution in [1.82, 2.24) is 5.32 Å². The van der Waals surface area contributed by atoms with E-state index in [0.717, 1.165) is 11.1 Å². The fraction of sp³-hybridized carbons (Fsp3) is 0.250. The summed E-state index contributed by atoms with van der Waals surface area (Å²) in [5, 5.41) is 3.22. The van der Waals surface area contributed by atoms with E-state index in [1.807, 2.05) is 25.2 Å². The van der Waals surface area contributed by atoms with Crippen LogP contribution in [0.4, 0.5) is 4.39 Å². The number of rotatable bonds is 3. The molecule has 0 saturated carbocycles. The van der Waals surface area contributed by atoms with Gasteiger partial charge in [0.2, 0.25) is 0 Å². The first-order valence-electron chi connectivity index (χ1n) is 6.15. The van der Waals surface area contributed by atoms with Crippen LogP contribution in [0.3, 0.4) is 0 Å². The minimum absolute atomic E-state index is 0.154. The molecule has 0 aliphatic carbocycles. The third-order valence-electron chi connectivity index (χ3n) is 3.31. The number of hydrogen-bond donors (Lipinski definition) is 1. The molecule has 0 aromatic heterocycles. The maximum absolute atomic E-state index is 13.3. The summed E-state index contributed by atoms with van der Waals surface area (Å²) in [5.74, 6) is -0.154. The van der Waals surface area contributed by atoms with E-state index in [1.54, 1.807) is 6.92 Å². The first kappa shape index (κ1) is 12.8. The highest BCUT2D eigenvalue weighted by molar-refractivity contribution is 5.65. The van der Waals surface area contributed by atoms with Crippen LogP contribution in [0, 0.1) is 12.7 Å². The van der Waals surface area contributed by atoms with Gasteiger partial charge in [-0.05, 0) is 61.3 Å². The van der Waals surface area contributed by atoms with Crippen LogP contribution >= 0.6 is 0 Å². The average molecular weight is 243 g/mol. The van der Waals surface area contributed by atoms with Gasteiger partial charge in [-0.3, -0.25) is 0 Å². The molecule has 0 aliphatic heterocycles. The highest BCUT2D eigenvalue weighted by Crippen LogP contribution is 2.24. The van der Waals surface area contributed by atoms with Crippen molar-refractivity contribution in [3.8, 4) is 11.1 Å². The Morgan fingerprint density at radius 1 is 1.06 bits per heavy atom. The van der Waals surface area contributed by atoms with Crippen molar-refractivity contribution < 1.29 is 4.39 Å². The second kappa shape index (κ2) is 5.32. The van der Waals surface area contributed by atoms with Crippen LogP contribution in [-0.4, -0.2) is 7.05 Å². The van der Waals surface area contributed by atoms with Gasteiger partial charge < -0.3 is 5.32 Å². The van der Waals surface area contributed by atoms with Gasteiger partial charge in [-0.25, -0.2) is 4.39 Å². The highest BCUT2D eigenvalue weighted by Gasteiger charge is 2.05. The van der Waals surface area contributed by atoms with E-state index in [0.29, 0.717) is 11.6 Å². The van der Waals surface area contributed by atoms with Gasteiger partial charge in [0.15, 0.2) is 0 Å². The molecular weight excluding hydrogens is 225 g/mol. The SMILES string of the molecule is CNC(C)c1cccc(-c2ccc(F)c(C)c2)c1. The van der Waals surface area contributed by atoms with E-state index in [2.05, 4.69) is 30.4 Å². The Labute approximate surface area is 108 Å². The summed E-state index contributed by atoms with van der Waals surface area (Å²) in [6, 6.07) is 13.9. The van der Waals surface area contributed by atoms with Crippen molar-refractivity contribution in [2.24, 2.45) is 0 Å². The van der Waals surface area contributed by atoms with Gasteiger partial charge in [0.25, 0.3) is 0 Å². The van der Waals surface area contributed by atoms with Crippen LogP contribution in [0.5, 0.6) is 0 Å². The van der Waals surface area contributed by atoms with Crippen LogP contribution in [0.25, 0.3) is 11.1 Å². The number of aryl methyl sites for hydroxylation is 1. The molecule has 0 saturated heterocycles. The predicted molar refractivity (Wildman–Crippen MR) is 74.0 cm³/mol. The van der Waals surface area contributed by atoms with Crippen LogP contribution in [-0.2, 0) is 0 Å². The number of hydrogen-bond acceptors (Lipinski definition) is 1. The Bertz CT molecular complexity index is 549. The third-order valence-corrected chi connectivity index (χ3v) is 3.31. The van der Waals surface area contributed by atoms with Gasteiger partial charge in [-0.1, -0.05) is 24.3 Å². The van der Waals surface area contributed by atoms with Crippen molar-refractivity contribution >= 4 is 0 Å². The lowest BCUT2D eigenvalue weighted by molar-refractivity contribution is 0.619. The van der Waals surface area contributed by atoms with Gasteiger partial charge in [-0.2, -0.15) is 0 Å². The van der Waals surface area contributed by atoms with E-state index in [1.165, 1.54) is 11.6 Å². The molecule has 0 amide bonds. The zero-order valence-electron chi connectivity index (χ0n) is 11.0. The molecule has 0 spiro atoms. The summed E-state index contributed by atoms with van der Waals surface area (Å²) in [6.45, 7) is 3.91. The molecule has 0 heterocycles. The van der Waals surface area contributed by atoms with Crippen molar-refractivity contribution in [2.45, 2.75) is 19.9 Å². The summed E-state index contributed by atoms with van der Waals surface area (Å²) in [5.41, 5.74) is 4.09. The topological polar surface area (TPSA) is 12.0 Å². The van der Waals surface area contributed by atoms with Crippen LogP contribution in [0.2, 0.25) is 0 Å². The van der Waals surface area contributed by atoms with Gasteiger partial charge in [0.1, 0.15) is 5.82 Å². The summed E-state index contributed by atoms with van der Waals surface area (Å²) in [7, 11) is 1.94. The highest BCUT2D eigenvalue weighted by atomic mass is 19.1. The number of halogens is 1. The van der Waals surface area contributed by atoms with Crippen LogP contribution in [0.15, 0.2) is 42.5 Å². The molecular formula is C16H18FN. The average Bonchev–Trinajstić information content (AvgIpc) is 2.41. The van der Waals surface area contributed by atoms with Crippen molar-refractivity contribution in [2.75, 3.05) is 7.05 Å². The molecule has 18 heavy (non-hydrogen) atoms. The Morgan fingerprint density at radius 2 is 1.78 bits per heavy atom. The van der Waals surface area contributed by atoms with Gasteiger partial charge in [-0.15, -0.1) is 0 Å². The zero-order chi connectivity index (χ0) is 13.1. The van der Waals surface area contributed by atoms with Crippen LogP contribution < -0.4 is 5.32 Å². The fourth-order valence-corrected chi connectivity index (χ4v) is 1.98. The summed E-state index contributed by atoms with van der Waals surface area (Å²) >= 11 is 0. The van der Waals surface area contributed by atoms with Gasteiger partial charge in [0.05, 0.1) is 0 Å². The smallest absolute Gasteiger partial charge is 0.126 e. The molecule has 1 nitrogen and oxygen atoms in total. The molecule has 1 atom stereocenters. The molecule has 0 fully saturated rings. The molecule has 1 N–H and O–H groups in total. The van der Waals surface area contributed by atoms with Crippen molar-refractivity contribution in [3.05, 3.63) is 59.4 Å². The lowest BCUT2D eigenvalue weighted by Gasteiger charge is -2.12. The quantitative estimate of drug-likeness (QED) is 0.856. The first-order valence-corrected chi connectivity index (χ1v) is 6.15. The zero-order valence-corrected chi connectivity index (χ0v) is 11.0. The lowest BCUT2D eigenvalue weighted by Crippen LogP contribution is -2.12. The summed E-state index contributed by atoms with van der Waals surface area (Å²) in [6.07, 6.45) is 0. The lowest BCUT2D eigenvalue weighted by atomic mass is 9.99. The first-order chi connectivity index (χ1) is 8.61. The van der Waals surface area contributed by atoms with E-state index >= 15 is 0 Å². The molecule has 2 heteroatoms. The van der Waals surface area contributed by atoms with Crippen molar-refractivity contribution in [1.29, 1.82) is 0 Å². The molecule has 0 radical (unpaired) electrons. The molecule has 2 rings (SSSR count). The second-order valence-corrected chi connectivity index (χ2v) is 4.60. The van der Waals surface area contributed by atoms with Gasteiger partial charge >= 0.3 is 0 Å². The number of benzene rings is 2. The van der Waals surface area contributed by atoms with Crippen molar-refractivity contribution in [3.63, 3.8) is 0 Å². The van der Waals surface area contributed by atoms with Gasteiger partial charge in [0, 0.05) is 6.04 Å². The minimum Gasteiger partial charge on any atom is -0.313 e.